The van der Waals surface area contributed by atoms with Gasteiger partial charge in [0.05, 0.1) is 0 Å². The molecule has 0 aromatic heterocycles. The van der Waals surface area contributed by atoms with Crippen molar-refractivity contribution in [1.29, 1.82) is 0 Å². The molecule has 0 bridgehead atoms. The molecule has 1 rings (SSSR count). The predicted molar refractivity (Wildman–Crippen MR) is 47.7 cm³/mol. The number of rotatable bonds is 6. The van der Waals surface area contributed by atoms with E-state index < -0.39 is 47.6 Å². The average Bonchev–Trinajstić information content (AvgIpc) is 2.36. The van der Waals surface area contributed by atoms with Crippen LogP contribution in [0.3, 0.4) is 0 Å². The van der Waals surface area contributed by atoms with Crippen molar-refractivity contribution >= 4 is 0 Å². The summed E-state index contributed by atoms with van der Waals surface area (Å²) in [5.74, 6) is -5.91. The van der Waals surface area contributed by atoms with Gasteiger partial charge in [-0.25, -0.2) is 0 Å². The normalized spacial score (nSPS) is 10.9. The second kappa shape index (κ2) is 7.33. The Balaban J connectivity index is 3.13. The molecular weight excluding hydrogens is 335 g/mol. The molecule has 99 valence electrons. The molecule has 3 nitrogen and oxygen atoms in total. The van der Waals surface area contributed by atoms with E-state index in [0.717, 1.165) is 7.11 Å². The summed E-state index contributed by atoms with van der Waals surface area (Å²) in [5.41, 5.74) is -1.59. The van der Waals surface area contributed by atoms with Crippen LogP contribution in [0.15, 0.2) is 0 Å². The monoisotopic (exact) mass is 343 g/mol. The van der Waals surface area contributed by atoms with Crippen molar-refractivity contribution in [2.24, 2.45) is 0 Å². The summed E-state index contributed by atoms with van der Waals surface area (Å²) in [6.45, 7) is -1.39. The van der Waals surface area contributed by atoms with Gasteiger partial charge in [0.2, 0.25) is 0 Å². The Hall–Kier alpha value is -0.297. The molecule has 0 atom stereocenters. The van der Waals surface area contributed by atoms with Gasteiger partial charge in [0.25, 0.3) is 0 Å². The van der Waals surface area contributed by atoms with Crippen LogP contribution in [0.25, 0.3) is 0 Å². The van der Waals surface area contributed by atoms with Crippen molar-refractivity contribution in [2.75, 3.05) is 13.9 Å². The van der Waals surface area contributed by atoms with Gasteiger partial charge in [-0.3, -0.25) is 0 Å². The number of ether oxygens (including phenoxy) is 2. The van der Waals surface area contributed by atoms with Crippen molar-refractivity contribution in [3.8, 4) is 0 Å². The topological polar surface area (TPSA) is 27.7 Å². The fraction of sp³-hybridized carbons (Fsp3) is 0.400. The summed E-state index contributed by atoms with van der Waals surface area (Å²) in [5, 5.41) is 0. The quantitative estimate of drug-likeness (QED) is 0.343. The van der Waals surface area contributed by atoms with Gasteiger partial charge in [0.1, 0.15) is 0 Å². The Morgan fingerprint density at radius 3 is 1.72 bits per heavy atom. The summed E-state index contributed by atoms with van der Waals surface area (Å²) in [4.78, 5) is 0. The molecule has 0 fully saturated rings. The molecule has 0 radical (unpaired) electrons. The molecule has 0 aliphatic carbocycles. The van der Waals surface area contributed by atoms with Crippen LogP contribution in [0, 0.1) is 23.3 Å². The zero-order valence-corrected chi connectivity index (χ0v) is 11.8. The number of benzene rings is 1. The SMILES string of the molecule is COCc1c(F)c(F)c(COC[O][Zr])c(F)c1F. The van der Waals surface area contributed by atoms with Crippen molar-refractivity contribution in [1.82, 2.24) is 0 Å². The van der Waals surface area contributed by atoms with Gasteiger partial charge in [0.15, 0.2) is 0 Å². The average molecular weight is 344 g/mol. The second-order valence-corrected chi connectivity index (χ2v) is 3.97. The van der Waals surface area contributed by atoms with Crippen molar-refractivity contribution in [3.63, 3.8) is 0 Å². The van der Waals surface area contributed by atoms with Gasteiger partial charge in [-0.15, -0.1) is 0 Å². The summed E-state index contributed by atoms with van der Waals surface area (Å²) in [6.07, 6.45) is 0. The van der Waals surface area contributed by atoms with E-state index in [4.69, 9.17) is 4.74 Å². The predicted octanol–water partition coefficient (Wildman–Crippen LogP) is 2.34. The van der Waals surface area contributed by atoms with Crippen molar-refractivity contribution in [3.05, 3.63) is 34.4 Å². The van der Waals surface area contributed by atoms with Crippen LogP contribution in [-0.2, 0) is 50.7 Å². The van der Waals surface area contributed by atoms with Gasteiger partial charge in [-0.05, 0) is 0 Å². The van der Waals surface area contributed by atoms with Crippen LogP contribution >= 0.6 is 0 Å². The zero-order chi connectivity index (χ0) is 13.7. The van der Waals surface area contributed by atoms with E-state index in [1.54, 1.807) is 0 Å². The molecule has 0 aliphatic heterocycles. The molecule has 0 spiro atoms. The van der Waals surface area contributed by atoms with Crippen LogP contribution in [0.2, 0.25) is 0 Å². The first-order chi connectivity index (χ1) is 8.54. The van der Waals surface area contributed by atoms with Gasteiger partial charge in [0, 0.05) is 0 Å². The third-order valence-corrected chi connectivity index (χ3v) is 2.41. The number of hydrogen-bond acceptors (Lipinski definition) is 3. The molecule has 1 aromatic rings. The minimum atomic E-state index is -1.48. The molecule has 0 amide bonds. The van der Waals surface area contributed by atoms with Crippen LogP contribution in [0.4, 0.5) is 17.6 Å². The molecule has 0 aliphatic rings. The van der Waals surface area contributed by atoms with E-state index in [2.05, 4.69) is 7.55 Å². The Morgan fingerprint density at radius 1 is 0.889 bits per heavy atom. The zero-order valence-electron chi connectivity index (χ0n) is 9.36. The van der Waals surface area contributed by atoms with Gasteiger partial charge in [-0.2, -0.15) is 0 Å². The Kier molecular flexibility index (Phi) is 6.42. The summed E-state index contributed by atoms with van der Waals surface area (Å²) < 4.78 is 67.7. The summed E-state index contributed by atoms with van der Waals surface area (Å²) >= 11 is 0.705. The van der Waals surface area contributed by atoms with Crippen LogP contribution in [0.5, 0.6) is 0 Å². The molecule has 8 heteroatoms. The molecule has 18 heavy (non-hydrogen) atoms. The van der Waals surface area contributed by atoms with Gasteiger partial charge >= 0.3 is 117 Å². The van der Waals surface area contributed by atoms with Gasteiger partial charge < -0.3 is 0 Å². The Morgan fingerprint density at radius 2 is 1.33 bits per heavy atom. The van der Waals surface area contributed by atoms with E-state index in [9.17, 15) is 17.6 Å². The van der Waals surface area contributed by atoms with Crippen molar-refractivity contribution < 1.29 is 55.0 Å². The van der Waals surface area contributed by atoms with E-state index in [1.165, 1.54) is 0 Å². The number of hydrogen-bond donors (Lipinski definition) is 0. The Bertz CT molecular complexity index is 399. The van der Waals surface area contributed by atoms with Gasteiger partial charge in [-0.1, -0.05) is 0 Å². The number of methoxy groups -OCH3 is 1. The Labute approximate surface area is 116 Å². The fourth-order valence-corrected chi connectivity index (χ4v) is 1.51. The molecule has 0 N–H and O–H groups in total. The van der Waals surface area contributed by atoms with Crippen LogP contribution in [-0.4, -0.2) is 13.9 Å². The van der Waals surface area contributed by atoms with Crippen LogP contribution < -0.4 is 0 Å². The van der Waals surface area contributed by atoms with Crippen LogP contribution in [0.1, 0.15) is 11.1 Å². The van der Waals surface area contributed by atoms with E-state index >= 15 is 0 Å². The van der Waals surface area contributed by atoms with E-state index in [-0.39, 0.29) is 6.79 Å². The van der Waals surface area contributed by atoms with E-state index in [0.29, 0.717) is 25.2 Å². The van der Waals surface area contributed by atoms with E-state index in [1.807, 2.05) is 0 Å². The fourth-order valence-electron chi connectivity index (χ4n) is 1.31. The summed E-state index contributed by atoms with van der Waals surface area (Å²) in [7, 11) is 1.16. The molecule has 0 saturated heterocycles. The first kappa shape index (κ1) is 15.8. The third-order valence-electron chi connectivity index (χ3n) is 2.12. The molecule has 0 saturated carbocycles. The standard InChI is InChI=1S/C10H9F4O3.Zr/c1-16-2-5-7(11)9(13)6(3-17-4-15)10(14)8(5)12;/h2-4H2,1H3;/q-1;+1. The molecule has 1 aromatic carbocycles. The minimum absolute atomic E-state index is 0.208. The first-order valence-corrected chi connectivity index (χ1v) is 5.73. The molecule has 0 heterocycles. The summed E-state index contributed by atoms with van der Waals surface area (Å²) in [6, 6.07) is 0. The first-order valence-electron chi connectivity index (χ1n) is 4.73. The molecular formula is C10H9F4O3Zr. The second-order valence-electron chi connectivity index (χ2n) is 3.26. The number of halogens is 4. The molecule has 0 unspecified atom stereocenters. The third kappa shape index (κ3) is 3.38. The van der Waals surface area contributed by atoms with Crippen molar-refractivity contribution in [2.45, 2.75) is 13.2 Å². The maximum absolute atomic E-state index is 13.5. The maximum atomic E-state index is 13.5.